The maximum absolute atomic E-state index is 2.47. The number of hydrogen-bond acceptors (Lipinski definition) is 0. The number of para-hydroxylation sites is 1. The molecule has 0 atom stereocenters. The number of hydrogen-bond donors (Lipinski definition) is 0. The van der Waals surface area contributed by atoms with Gasteiger partial charge in [-0.25, -0.2) is 0 Å². The average Bonchev–Trinajstić information content (AvgIpc) is 3.60. The third-order valence-corrected chi connectivity index (χ3v) is 11.9. The maximum Gasteiger partial charge on any atom is 0.0553 e. The predicted molar refractivity (Wildman–Crippen MR) is 237 cm³/mol. The second-order valence-electron chi connectivity index (χ2n) is 14.8. The van der Waals surface area contributed by atoms with Crippen molar-refractivity contribution >= 4 is 86.4 Å². The molecule has 1 nitrogen and oxygen atoms in total. The molecule has 0 saturated heterocycles. The topological polar surface area (TPSA) is 4.93 Å². The van der Waals surface area contributed by atoms with E-state index in [1.165, 1.54) is 109 Å². The van der Waals surface area contributed by atoms with Gasteiger partial charge in [-0.1, -0.05) is 170 Å². The van der Waals surface area contributed by atoms with Gasteiger partial charge in [-0.3, -0.25) is 0 Å². The summed E-state index contributed by atoms with van der Waals surface area (Å²) in [6, 6.07) is 74.0. The van der Waals surface area contributed by atoms with E-state index in [0.29, 0.717) is 0 Å². The van der Waals surface area contributed by atoms with Crippen LogP contribution in [0.1, 0.15) is 0 Å². The molecule has 0 radical (unpaired) electrons. The lowest BCUT2D eigenvalue weighted by molar-refractivity contribution is 1.18. The van der Waals surface area contributed by atoms with Crippen LogP contribution in [-0.4, -0.2) is 4.57 Å². The fraction of sp³-hybridized carbons (Fsp3) is 0. The fourth-order valence-electron chi connectivity index (χ4n) is 9.57. The third-order valence-electron chi connectivity index (χ3n) is 11.9. The Hall–Kier alpha value is -7.22. The van der Waals surface area contributed by atoms with Gasteiger partial charge >= 0.3 is 0 Å². The summed E-state index contributed by atoms with van der Waals surface area (Å²) in [5, 5.41) is 18.1. The third kappa shape index (κ3) is 4.35. The highest BCUT2D eigenvalue weighted by Crippen LogP contribution is 2.47. The summed E-state index contributed by atoms with van der Waals surface area (Å²) >= 11 is 0. The number of rotatable bonds is 3. The van der Waals surface area contributed by atoms with E-state index in [-0.39, 0.29) is 0 Å². The zero-order valence-electron chi connectivity index (χ0n) is 30.0. The van der Waals surface area contributed by atoms with Gasteiger partial charge in [0, 0.05) is 16.5 Å². The molecule has 0 bridgehead atoms. The zero-order valence-corrected chi connectivity index (χ0v) is 30.0. The van der Waals surface area contributed by atoms with Crippen LogP contribution in [0, 0.1) is 0 Å². The summed E-state index contributed by atoms with van der Waals surface area (Å²) < 4.78 is 2.47. The SMILES string of the molecule is c1ccc(-c2ccc3c4c5ccccc5c(-c5ccc6c7ccccc7c7c8ccccc8c8ccccc8c7c6c5)cc4n(-c4ccccc4)c3c2)cc1. The van der Waals surface area contributed by atoms with Crippen LogP contribution in [-0.2, 0) is 0 Å². The second kappa shape index (κ2) is 11.6. The van der Waals surface area contributed by atoms with E-state index < -0.39 is 0 Å². The molecular weight excluding hydrogens is 663 g/mol. The number of fused-ring (bicyclic) bond motifs is 16. The molecule has 0 saturated carbocycles. The van der Waals surface area contributed by atoms with Crippen LogP contribution in [0.4, 0.5) is 0 Å². The molecule has 11 aromatic carbocycles. The van der Waals surface area contributed by atoms with Crippen molar-refractivity contribution in [2.75, 3.05) is 0 Å². The van der Waals surface area contributed by atoms with Crippen molar-refractivity contribution in [2.45, 2.75) is 0 Å². The minimum absolute atomic E-state index is 1.16. The molecule has 0 N–H and O–H groups in total. The lowest BCUT2D eigenvalue weighted by Crippen LogP contribution is -1.94. The lowest BCUT2D eigenvalue weighted by atomic mass is 9.86. The molecular formula is C54H33N. The minimum Gasteiger partial charge on any atom is -0.309 e. The van der Waals surface area contributed by atoms with Gasteiger partial charge in [0.05, 0.1) is 11.0 Å². The first-order valence-corrected chi connectivity index (χ1v) is 19.1. The van der Waals surface area contributed by atoms with Crippen molar-refractivity contribution in [3.63, 3.8) is 0 Å². The summed E-state index contributed by atoms with van der Waals surface area (Å²) in [6.07, 6.45) is 0. The van der Waals surface area contributed by atoms with Gasteiger partial charge in [0.2, 0.25) is 0 Å². The van der Waals surface area contributed by atoms with Gasteiger partial charge < -0.3 is 4.57 Å². The van der Waals surface area contributed by atoms with Crippen molar-refractivity contribution in [1.29, 1.82) is 0 Å². The van der Waals surface area contributed by atoms with Crippen LogP contribution >= 0.6 is 0 Å². The van der Waals surface area contributed by atoms with E-state index in [2.05, 4.69) is 205 Å². The van der Waals surface area contributed by atoms with Gasteiger partial charge in [0.25, 0.3) is 0 Å². The Bertz CT molecular complexity index is 3500. The second-order valence-corrected chi connectivity index (χ2v) is 14.8. The van der Waals surface area contributed by atoms with Gasteiger partial charge in [-0.2, -0.15) is 0 Å². The number of aromatic nitrogens is 1. The predicted octanol–water partition coefficient (Wildman–Crippen LogP) is 15.0. The highest BCUT2D eigenvalue weighted by Gasteiger charge is 2.20. The fourth-order valence-corrected chi connectivity index (χ4v) is 9.57. The van der Waals surface area contributed by atoms with Crippen LogP contribution in [0.3, 0.4) is 0 Å². The van der Waals surface area contributed by atoms with Gasteiger partial charge in [0.1, 0.15) is 0 Å². The number of nitrogens with zero attached hydrogens (tertiary/aromatic N) is 1. The Balaban J connectivity index is 1.23. The molecule has 1 heterocycles. The van der Waals surface area contributed by atoms with Crippen LogP contribution in [0.2, 0.25) is 0 Å². The van der Waals surface area contributed by atoms with Crippen LogP contribution < -0.4 is 0 Å². The van der Waals surface area contributed by atoms with Gasteiger partial charge in [0.15, 0.2) is 0 Å². The van der Waals surface area contributed by atoms with Crippen LogP contribution in [0.15, 0.2) is 200 Å². The summed E-state index contributed by atoms with van der Waals surface area (Å²) in [7, 11) is 0. The Morgan fingerprint density at radius 3 is 1.31 bits per heavy atom. The molecule has 254 valence electrons. The average molecular weight is 696 g/mol. The summed E-state index contributed by atoms with van der Waals surface area (Å²) in [5.74, 6) is 0. The largest absolute Gasteiger partial charge is 0.309 e. The molecule has 0 aliphatic carbocycles. The Morgan fingerprint density at radius 2 is 0.691 bits per heavy atom. The number of benzene rings is 11. The summed E-state index contributed by atoms with van der Waals surface area (Å²) in [6.45, 7) is 0. The molecule has 0 unspecified atom stereocenters. The van der Waals surface area contributed by atoms with E-state index in [4.69, 9.17) is 0 Å². The first-order chi connectivity index (χ1) is 27.3. The standard InChI is InChI=1S/C54H33N/c1-3-15-34(16-4-1)35-27-30-47-50(32-35)55(37-17-5-2-6-18-37)51-33-48(41-22-10-11-23-43(41)52(47)51)36-28-29-42-40-21-9-13-25-45(40)53-44-24-12-7-19-38(44)39-20-8-14-26-46(39)54(53)49(42)31-36/h1-33H. The molecule has 0 aliphatic rings. The Labute approximate surface area is 317 Å². The first-order valence-electron chi connectivity index (χ1n) is 19.1. The van der Waals surface area contributed by atoms with Crippen molar-refractivity contribution < 1.29 is 0 Å². The first kappa shape index (κ1) is 30.3. The molecule has 0 fully saturated rings. The lowest BCUT2D eigenvalue weighted by Gasteiger charge is -2.17. The van der Waals surface area contributed by atoms with E-state index in [0.717, 1.165) is 5.69 Å². The zero-order chi connectivity index (χ0) is 36.0. The van der Waals surface area contributed by atoms with Gasteiger partial charge in [-0.15, -0.1) is 0 Å². The molecule has 1 heteroatoms. The highest BCUT2D eigenvalue weighted by molar-refractivity contribution is 6.39. The smallest absolute Gasteiger partial charge is 0.0553 e. The Morgan fingerprint density at radius 1 is 0.236 bits per heavy atom. The molecule has 1 aromatic heterocycles. The molecule has 55 heavy (non-hydrogen) atoms. The quantitative estimate of drug-likeness (QED) is 0.162. The van der Waals surface area contributed by atoms with E-state index >= 15 is 0 Å². The monoisotopic (exact) mass is 695 g/mol. The van der Waals surface area contributed by atoms with Crippen LogP contribution in [0.5, 0.6) is 0 Å². The molecule has 0 spiro atoms. The van der Waals surface area contributed by atoms with Crippen molar-refractivity contribution in [1.82, 2.24) is 4.57 Å². The molecule has 0 aliphatic heterocycles. The maximum atomic E-state index is 2.47. The minimum atomic E-state index is 1.16. The normalized spacial score (nSPS) is 12.0. The highest BCUT2D eigenvalue weighted by atomic mass is 15.0. The van der Waals surface area contributed by atoms with Crippen molar-refractivity contribution in [3.05, 3.63) is 200 Å². The van der Waals surface area contributed by atoms with E-state index in [1.807, 2.05) is 0 Å². The van der Waals surface area contributed by atoms with Crippen molar-refractivity contribution in [3.8, 4) is 27.9 Å². The summed E-state index contributed by atoms with van der Waals surface area (Å²) in [5.41, 5.74) is 8.46. The molecule has 12 aromatic rings. The molecule has 0 amide bonds. The Kier molecular flexibility index (Phi) is 6.40. The molecule has 12 rings (SSSR count). The van der Waals surface area contributed by atoms with Crippen LogP contribution in [0.25, 0.3) is 114 Å². The van der Waals surface area contributed by atoms with Crippen molar-refractivity contribution in [2.24, 2.45) is 0 Å². The summed E-state index contributed by atoms with van der Waals surface area (Å²) in [4.78, 5) is 0. The van der Waals surface area contributed by atoms with E-state index in [9.17, 15) is 0 Å². The van der Waals surface area contributed by atoms with E-state index in [1.54, 1.807) is 0 Å². The van der Waals surface area contributed by atoms with Gasteiger partial charge in [-0.05, 0) is 117 Å².